The molecule has 1 N–H and O–H groups in total. The van der Waals surface area contributed by atoms with Crippen molar-refractivity contribution in [3.05, 3.63) is 45.4 Å². The maximum atomic E-state index is 6.92. The Morgan fingerprint density at radius 2 is 2.06 bits per heavy atom. The van der Waals surface area contributed by atoms with Crippen molar-refractivity contribution in [3.63, 3.8) is 0 Å². The summed E-state index contributed by atoms with van der Waals surface area (Å²) in [5.74, 6) is 0. The lowest BCUT2D eigenvalue weighted by molar-refractivity contribution is 1.05. The molecular weight excluding hydrogens is 242 g/mol. The highest BCUT2D eigenvalue weighted by Crippen LogP contribution is 2.26. The van der Waals surface area contributed by atoms with Crippen LogP contribution in [0.1, 0.15) is 16.1 Å². The third kappa shape index (κ3) is 2.46. The first kappa shape index (κ1) is 11.2. The molecule has 0 atom stereocenters. The summed E-state index contributed by atoms with van der Waals surface area (Å²) in [6.45, 7) is 2.00. The fourth-order valence-corrected chi connectivity index (χ4v) is 2.26. The average Bonchev–Trinajstić information content (AvgIpc) is 2.63. The normalized spacial score (nSPS) is 10.4. The van der Waals surface area contributed by atoms with Gasteiger partial charge in [-0.2, -0.15) is 0 Å². The fourth-order valence-electron chi connectivity index (χ4n) is 1.42. The number of nitrogens with zero attached hydrogens (tertiary/aromatic N) is 2. The molecule has 0 bridgehead atoms. The van der Waals surface area contributed by atoms with Gasteiger partial charge in [0.15, 0.2) is 0 Å². The van der Waals surface area contributed by atoms with Crippen LogP contribution in [-0.2, 0) is 6.42 Å². The van der Waals surface area contributed by atoms with E-state index in [2.05, 4.69) is 10.1 Å². The molecule has 0 amide bonds. The molecule has 5 heteroatoms. The van der Waals surface area contributed by atoms with E-state index in [1.807, 2.05) is 31.2 Å². The Morgan fingerprint density at radius 1 is 1.38 bits per heavy atom. The summed E-state index contributed by atoms with van der Waals surface area (Å²) >= 11 is 7.26. The SMILES string of the molecule is Cc1sc(N=N)nc1Cc1ccc(Cl)cc1. The number of rotatable bonds is 3. The van der Waals surface area contributed by atoms with Gasteiger partial charge in [0.25, 0.3) is 0 Å². The minimum Gasteiger partial charge on any atom is -0.221 e. The summed E-state index contributed by atoms with van der Waals surface area (Å²) < 4.78 is 0. The Balaban J connectivity index is 2.23. The number of aryl methyl sites for hydroxylation is 1. The van der Waals surface area contributed by atoms with Gasteiger partial charge in [0.2, 0.25) is 5.13 Å². The van der Waals surface area contributed by atoms with Gasteiger partial charge in [0, 0.05) is 16.3 Å². The Bertz CT molecular complexity index is 504. The Hall–Kier alpha value is -1.26. The molecular formula is C11H10ClN3S. The quantitative estimate of drug-likeness (QED) is 0.810. The van der Waals surface area contributed by atoms with Crippen LogP contribution in [-0.4, -0.2) is 4.98 Å². The van der Waals surface area contributed by atoms with Crippen LogP contribution < -0.4 is 0 Å². The maximum absolute atomic E-state index is 6.92. The molecule has 0 radical (unpaired) electrons. The van der Waals surface area contributed by atoms with E-state index in [4.69, 9.17) is 17.1 Å². The predicted molar refractivity (Wildman–Crippen MR) is 65.9 cm³/mol. The lowest BCUT2D eigenvalue weighted by Gasteiger charge is -1.99. The van der Waals surface area contributed by atoms with E-state index in [0.717, 1.165) is 27.6 Å². The summed E-state index contributed by atoms with van der Waals surface area (Å²) in [6.07, 6.45) is 0.759. The lowest BCUT2D eigenvalue weighted by Crippen LogP contribution is -1.89. The summed E-state index contributed by atoms with van der Waals surface area (Å²) in [6, 6.07) is 7.71. The van der Waals surface area contributed by atoms with Crippen molar-refractivity contribution in [2.75, 3.05) is 0 Å². The second-order valence-electron chi connectivity index (χ2n) is 3.41. The van der Waals surface area contributed by atoms with Gasteiger partial charge in [-0.1, -0.05) is 35.1 Å². The molecule has 16 heavy (non-hydrogen) atoms. The Kier molecular flexibility index (Phi) is 3.31. The molecule has 3 nitrogen and oxygen atoms in total. The molecule has 0 unspecified atom stereocenters. The minimum absolute atomic E-state index is 0.515. The van der Waals surface area contributed by atoms with E-state index < -0.39 is 0 Å². The van der Waals surface area contributed by atoms with E-state index in [1.165, 1.54) is 11.3 Å². The van der Waals surface area contributed by atoms with Crippen molar-refractivity contribution in [1.82, 2.24) is 4.98 Å². The number of nitrogens with one attached hydrogen (secondary N) is 1. The zero-order valence-electron chi connectivity index (χ0n) is 8.70. The second kappa shape index (κ2) is 4.72. The van der Waals surface area contributed by atoms with Crippen LogP contribution in [0.15, 0.2) is 29.4 Å². The third-order valence-electron chi connectivity index (χ3n) is 2.26. The van der Waals surface area contributed by atoms with Gasteiger partial charge in [0.05, 0.1) is 5.69 Å². The standard InChI is InChI=1S/C11H10ClN3S/c1-7-10(14-11(15-13)16-7)6-8-2-4-9(12)5-3-8/h2-5,13H,6H2,1H3. The smallest absolute Gasteiger partial charge is 0.221 e. The van der Waals surface area contributed by atoms with Crippen LogP contribution >= 0.6 is 22.9 Å². The summed E-state index contributed by atoms with van der Waals surface area (Å²) in [5, 5.41) is 4.60. The molecule has 0 saturated heterocycles. The van der Waals surface area contributed by atoms with Crippen molar-refractivity contribution in [2.24, 2.45) is 5.11 Å². The van der Waals surface area contributed by atoms with E-state index in [0.29, 0.717) is 5.13 Å². The van der Waals surface area contributed by atoms with E-state index >= 15 is 0 Å². The van der Waals surface area contributed by atoms with Gasteiger partial charge in [-0.05, 0) is 24.6 Å². The van der Waals surface area contributed by atoms with Crippen molar-refractivity contribution in [2.45, 2.75) is 13.3 Å². The zero-order chi connectivity index (χ0) is 11.5. The summed E-state index contributed by atoms with van der Waals surface area (Å²) in [5.41, 5.74) is 9.06. The second-order valence-corrected chi connectivity index (χ2v) is 5.03. The fraction of sp³-hybridized carbons (Fsp3) is 0.182. The molecule has 0 spiro atoms. The van der Waals surface area contributed by atoms with Crippen molar-refractivity contribution in [1.29, 1.82) is 5.53 Å². The molecule has 0 aliphatic heterocycles. The molecule has 1 heterocycles. The third-order valence-corrected chi connectivity index (χ3v) is 3.42. The molecule has 2 rings (SSSR count). The number of thiazole rings is 1. The average molecular weight is 252 g/mol. The van der Waals surface area contributed by atoms with Gasteiger partial charge < -0.3 is 0 Å². The van der Waals surface area contributed by atoms with Crippen LogP contribution in [0.25, 0.3) is 0 Å². The van der Waals surface area contributed by atoms with Crippen molar-refractivity contribution < 1.29 is 0 Å². The highest BCUT2D eigenvalue weighted by Gasteiger charge is 2.07. The van der Waals surface area contributed by atoms with Crippen LogP contribution in [0.4, 0.5) is 5.13 Å². The van der Waals surface area contributed by atoms with Gasteiger partial charge in [-0.25, -0.2) is 10.5 Å². The number of halogens is 1. The van der Waals surface area contributed by atoms with Crippen LogP contribution in [0.3, 0.4) is 0 Å². The van der Waals surface area contributed by atoms with Gasteiger partial charge in [-0.15, -0.1) is 5.11 Å². The summed E-state index contributed by atoms with van der Waals surface area (Å²) in [7, 11) is 0. The zero-order valence-corrected chi connectivity index (χ0v) is 10.3. The van der Waals surface area contributed by atoms with Crippen LogP contribution in [0.2, 0.25) is 5.02 Å². The molecule has 0 aliphatic carbocycles. The summed E-state index contributed by atoms with van der Waals surface area (Å²) in [4.78, 5) is 5.39. The van der Waals surface area contributed by atoms with E-state index in [9.17, 15) is 0 Å². The Labute approximate surface area is 103 Å². The number of aromatic nitrogens is 1. The lowest BCUT2D eigenvalue weighted by atomic mass is 10.1. The van der Waals surface area contributed by atoms with Gasteiger partial charge in [-0.3, -0.25) is 0 Å². The number of hydrogen-bond donors (Lipinski definition) is 1. The molecule has 0 aliphatic rings. The Morgan fingerprint density at radius 3 is 2.62 bits per heavy atom. The van der Waals surface area contributed by atoms with E-state index in [1.54, 1.807) is 0 Å². The highest BCUT2D eigenvalue weighted by atomic mass is 35.5. The van der Waals surface area contributed by atoms with Crippen molar-refractivity contribution >= 4 is 28.1 Å². The molecule has 82 valence electrons. The molecule has 1 aromatic carbocycles. The topological polar surface area (TPSA) is 49.1 Å². The first-order valence-corrected chi connectivity index (χ1v) is 5.96. The maximum Gasteiger partial charge on any atom is 0.229 e. The largest absolute Gasteiger partial charge is 0.229 e. The molecule has 0 fully saturated rings. The molecule has 2 aromatic rings. The van der Waals surface area contributed by atoms with Crippen LogP contribution in [0, 0.1) is 12.5 Å². The highest BCUT2D eigenvalue weighted by molar-refractivity contribution is 7.15. The van der Waals surface area contributed by atoms with Gasteiger partial charge >= 0.3 is 0 Å². The van der Waals surface area contributed by atoms with Gasteiger partial charge in [0.1, 0.15) is 0 Å². The predicted octanol–water partition coefficient (Wildman–Crippen LogP) is 4.36. The molecule has 0 saturated carbocycles. The first-order chi connectivity index (χ1) is 7.69. The minimum atomic E-state index is 0.515. The van der Waals surface area contributed by atoms with E-state index in [-0.39, 0.29) is 0 Å². The number of benzene rings is 1. The molecule has 1 aromatic heterocycles. The van der Waals surface area contributed by atoms with Crippen LogP contribution in [0.5, 0.6) is 0 Å². The number of hydrogen-bond acceptors (Lipinski definition) is 4. The van der Waals surface area contributed by atoms with Crippen molar-refractivity contribution in [3.8, 4) is 0 Å². The first-order valence-electron chi connectivity index (χ1n) is 4.77. The monoisotopic (exact) mass is 251 g/mol.